The highest BCUT2D eigenvalue weighted by molar-refractivity contribution is 5.72. The number of aromatic amines is 1. The molecule has 0 spiro atoms. The first-order valence-electron chi connectivity index (χ1n) is 4.16. The van der Waals surface area contributed by atoms with E-state index in [0.717, 1.165) is 12.3 Å². The van der Waals surface area contributed by atoms with Crippen molar-refractivity contribution in [2.75, 3.05) is 6.61 Å². The van der Waals surface area contributed by atoms with Crippen molar-refractivity contribution in [1.82, 2.24) is 4.98 Å². The van der Waals surface area contributed by atoms with Crippen molar-refractivity contribution in [2.45, 2.75) is 13.3 Å². The van der Waals surface area contributed by atoms with E-state index in [1.54, 1.807) is 6.92 Å². The van der Waals surface area contributed by atoms with E-state index in [1.807, 2.05) is 0 Å². The van der Waals surface area contributed by atoms with Gasteiger partial charge in [0.1, 0.15) is 5.82 Å². The van der Waals surface area contributed by atoms with Crippen LogP contribution in [0.3, 0.4) is 0 Å². The molecule has 0 aliphatic carbocycles. The van der Waals surface area contributed by atoms with Crippen molar-refractivity contribution in [3.63, 3.8) is 0 Å². The first kappa shape index (κ1) is 10.4. The van der Waals surface area contributed by atoms with Gasteiger partial charge in [-0.1, -0.05) is 0 Å². The molecule has 0 bridgehead atoms. The van der Waals surface area contributed by atoms with E-state index in [4.69, 9.17) is 0 Å². The number of pyridine rings is 1. The quantitative estimate of drug-likeness (QED) is 0.726. The van der Waals surface area contributed by atoms with E-state index >= 15 is 0 Å². The second-order valence-electron chi connectivity index (χ2n) is 2.65. The third kappa shape index (κ3) is 2.69. The second-order valence-corrected chi connectivity index (χ2v) is 2.65. The Balaban J connectivity index is 2.80. The minimum Gasteiger partial charge on any atom is -0.466 e. The molecular formula is C9H10FNO3. The molecule has 0 aliphatic heterocycles. The highest BCUT2D eigenvalue weighted by Gasteiger charge is 2.09. The average Bonchev–Trinajstić information content (AvgIpc) is 2.12. The highest BCUT2D eigenvalue weighted by atomic mass is 19.1. The van der Waals surface area contributed by atoms with Gasteiger partial charge >= 0.3 is 5.97 Å². The lowest BCUT2D eigenvalue weighted by Gasteiger charge is -2.01. The molecule has 0 radical (unpaired) electrons. The topological polar surface area (TPSA) is 59.2 Å². The number of hydrogen-bond donors (Lipinski definition) is 1. The van der Waals surface area contributed by atoms with Gasteiger partial charge in [-0.3, -0.25) is 9.59 Å². The molecule has 0 aromatic carbocycles. The summed E-state index contributed by atoms with van der Waals surface area (Å²) in [6.07, 6.45) is 0.709. The summed E-state index contributed by atoms with van der Waals surface area (Å²) in [7, 11) is 0. The number of rotatable bonds is 3. The fraction of sp³-hybridized carbons (Fsp3) is 0.333. The molecule has 1 rings (SSSR count). The van der Waals surface area contributed by atoms with Gasteiger partial charge in [0.15, 0.2) is 0 Å². The molecule has 5 heteroatoms. The first-order valence-corrected chi connectivity index (χ1v) is 4.16. The predicted molar refractivity (Wildman–Crippen MR) is 47.4 cm³/mol. The van der Waals surface area contributed by atoms with Crippen molar-refractivity contribution >= 4 is 5.97 Å². The Morgan fingerprint density at radius 2 is 2.36 bits per heavy atom. The van der Waals surface area contributed by atoms with E-state index in [-0.39, 0.29) is 18.6 Å². The zero-order chi connectivity index (χ0) is 10.6. The molecule has 1 heterocycles. The van der Waals surface area contributed by atoms with Gasteiger partial charge in [-0.25, -0.2) is 4.39 Å². The summed E-state index contributed by atoms with van der Waals surface area (Å²) in [4.78, 5) is 23.9. The summed E-state index contributed by atoms with van der Waals surface area (Å²) in [6, 6.07) is 1.05. The van der Waals surface area contributed by atoms with Crippen LogP contribution in [0.4, 0.5) is 4.39 Å². The summed E-state index contributed by atoms with van der Waals surface area (Å²) in [6.45, 7) is 1.90. The Bertz CT molecular complexity index is 386. The van der Waals surface area contributed by atoms with Crippen LogP contribution in [0.25, 0.3) is 0 Å². The fourth-order valence-corrected chi connectivity index (χ4v) is 0.999. The third-order valence-corrected chi connectivity index (χ3v) is 1.59. The van der Waals surface area contributed by atoms with Crippen LogP contribution in [0.1, 0.15) is 12.5 Å². The maximum absolute atomic E-state index is 13.0. The monoisotopic (exact) mass is 199 g/mol. The second kappa shape index (κ2) is 4.55. The van der Waals surface area contributed by atoms with E-state index in [9.17, 15) is 14.0 Å². The van der Waals surface area contributed by atoms with Gasteiger partial charge in [0, 0.05) is 17.8 Å². The molecule has 0 atom stereocenters. The lowest BCUT2D eigenvalue weighted by Crippen LogP contribution is -2.13. The zero-order valence-corrected chi connectivity index (χ0v) is 7.67. The summed E-state index contributed by atoms with van der Waals surface area (Å²) in [5, 5.41) is 0. The zero-order valence-electron chi connectivity index (χ0n) is 7.67. The van der Waals surface area contributed by atoms with Crippen LogP contribution in [0.15, 0.2) is 17.1 Å². The maximum Gasteiger partial charge on any atom is 0.310 e. The first-order chi connectivity index (χ1) is 6.63. The van der Waals surface area contributed by atoms with Gasteiger partial charge in [-0.2, -0.15) is 0 Å². The highest BCUT2D eigenvalue weighted by Crippen LogP contribution is 2.03. The van der Waals surface area contributed by atoms with Crippen LogP contribution in [-0.2, 0) is 16.0 Å². The minimum absolute atomic E-state index is 0.0483. The van der Waals surface area contributed by atoms with Crippen molar-refractivity contribution in [3.05, 3.63) is 34.0 Å². The Kier molecular flexibility index (Phi) is 3.39. The SMILES string of the molecule is CCOC(=O)Cc1cc(=O)[nH]cc1F. The number of carbonyl (C=O) groups excluding carboxylic acids is 1. The Morgan fingerprint density at radius 1 is 1.64 bits per heavy atom. The Morgan fingerprint density at radius 3 is 3.00 bits per heavy atom. The minimum atomic E-state index is -0.613. The fourth-order valence-electron chi connectivity index (χ4n) is 0.999. The van der Waals surface area contributed by atoms with Crippen molar-refractivity contribution in [1.29, 1.82) is 0 Å². The summed E-state index contributed by atoms with van der Waals surface area (Å²) in [5.74, 6) is -1.16. The van der Waals surface area contributed by atoms with Gasteiger partial charge in [0.2, 0.25) is 5.56 Å². The molecule has 0 aliphatic rings. The van der Waals surface area contributed by atoms with Crippen molar-refractivity contribution in [2.24, 2.45) is 0 Å². The van der Waals surface area contributed by atoms with Gasteiger partial charge in [-0.15, -0.1) is 0 Å². The smallest absolute Gasteiger partial charge is 0.310 e. The van der Waals surface area contributed by atoms with Gasteiger partial charge in [-0.05, 0) is 6.92 Å². The number of H-pyrrole nitrogens is 1. The Labute approximate surface area is 79.7 Å². The van der Waals surface area contributed by atoms with Crippen molar-refractivity contribution < 1.29 is 13.9 Å². The summed E-state index contributed by atoms with van der Waals surface area (Å²) < 4.78 is 17.6. The molecular weight excluding hydrogens is 189 g/mol. The molecule has 4 nitrogen and oxygen atoms in total. The van der Waals surface area contributed by atoms with Crippen LogP contribution in [0.2, 0.25) is 0 Å². The van der Waals surface area contributed by atoms with E-state index in [0.29, 0.717) is 0 Å². The third-order valence-electron chi connectivity index (χ3n) is 1.59. The van der Waals surface area contributed by atoms with Crippen LogP contribution < -0.4 is 5.56 Å². The molecule has 76 valence electrons. The molecule has 1 aromatic heterocycles. The number of carbonyl (C=O) groups is 1. The summed E-state index contributed by atoms with van der Waals surface area (Å²) in [5.41, 5.74) is -0.391. The maximum atomic E-state index is 13.0. The van der Waals surface area contributed by atoms with Crippen molar-refractivity contribution in [3.8, 4) is 0 Å². The predicted octanol–water partition coefficient (Wildman–Crippen LogP) is 0.620. The number of hydrogen-bond acceptors (Lipinski definition) is 3. The molecule has 0 saturated heterocycles. The van der Waals surface area contributed by atoms with E-state index in [2.05, 4.69) is 9.72 Å². The number of nitrogens with one attached hydrogen (secondary N) is 1. The number of aromatic nitrogens is 1. The number of halogens is 1. The number of esters is 1. The largest absolute Gasteiger partial charge is 0.466 e. The Hall–Kier alpha value is -1.65. The van der Waals surface area contributed by atoms with Crippen LogP contribution in [0, 0.1) is 5.82 Å². The average molecular weight is 199 g/mol. The molecule has 0 unspecified atom stereocenters. The lowest BCUT2D eigenvalue weighted by molar-refractivity contribution is -0.142. The standard InChI is InChI=1S/C9H10FNO3/c1-2-14-9(13)4-6-3-8(12)11-5-7(6)10/h3,5H,2,4H2,1H3,(H,11,12). The lowest BCUT2D eigenvalue weighted by atomic mass is 10.2. The van der Waals surface area contributed by atoms with Gasteiger partial charge in [0.25, 0.3) is 0 Å². The molecule has 0 saturated carbocycles. The van der Waals surface area contributed by atoms with E-state index < -0.39 is 17.3 Å². The molecule has 0 amide bonds. The molecule has 1 N–H and O–H groups in total. The van der Waals surface area contributed by atoms with Crippen LogP contribution in [-0.4, -0.2) is 17.6 Å². The van der Waals surface area contributed by atoms with Crippen LogP contribution >= 0.6 is 0 Å². The normalized spacial score (nSPS) is 9.86. The molecule has 0 fully saturated rings. The number of ether oxygens (including phenoxy) is 1. The summed E-state index contributed by atoms with van der Waals surface area (Å²) >= 11 is 0. The van der Waals surface area contributed by atoms with Gasteiger partial charge < -0.3 is 9.72 Å². The molecule has 14 heavy (non-hydrogen) atoms. The molecule has 1 aromatic rings. The van der Waals surface area contributed by atoms with Gasteiger partial charge in [0.05, 0.1) is 13.0 Å². The van der Waals surface area contributed by atoms with E-state index in [1.165, 1.54) is 0 Å². The van der Waals surface area contributed by atoms with Crippen LogP contribution in [0.5, 0.6) is 0 Å².